The van der Waals surface area contributed by atoms with Crippen LogP contribution in [0.2, 0.25) is 0 Å². The van der Waals surface area contributed by atoms with Crippen molar-refractivity contribution in [3.63, 3.8) is 0 Å². The third-order valence-electron chi connectivity index (χ3n) is 3.71. The fraction of sp³-hybridized carbons (Fsp3) is 0.571. The highest BCUT2D eigenvalue weighted by atomic mass is 32.1. The van der Waals surface area contributed by atoms with Gasteiger partial charge in [0.05, 0.1) is 4.88 Å². The van der Waals surface area contributed by atoms with Gasteiger partial charge in [-0.3, -0.25) is 0 Å². The van der Waals surface area contributed by atoms with Crippen LogP contribution in [0.1, 0.15) is 25.2 Å². The Morgan fingerprint density at radius 1 is 1.40 bits per heavy atom. The number of hydrogen-bond donors (Lipinski definition) is 1. The van der Waals surface area contributed by atoms with Crippen LogP contribution >= 0.6 is 11.3 Å². The van der Waals surface area contributed by atoms with Crippen LogP contribution in [0.25, 0.3) is 10.7 Å². The molecule has 0 spiro atoms. The highest BCUT2D eigenvalue weighted by molar-refractivity contribution is 7.13. The number of aryl methyl sites for hydroxylation is 1. The third-order valence-corrected chi connectivity index (χ3v) is 4.57. The number of rotatable bonds is 5. The number of hydrogen-bond acceptors (Lipinski definition) is 6. The Labute approximate surface area is 122 Å². The third kappa shape index (κ3) is 3.45. The van der Waals surface area contributed by atoms with Crippen LogP contribution in [0, 0.1) is 0 Å². The van der Waals surface area contributed by atoms with E-state index in [1.54, 1.807) is 11.3 Å². The van der Waals surface area contributed by atoms with Gasteiger partial charge in [-0.2, -0.15) is 4.98 Å². The van der Waals surface area contributed by atoms with Gasteiger partial charge in [0.15, 0.2) is 0 Å². The SMILES string of the molecule is NC1CCN(CCCc2nc(-c3cccs3)no2)CC1. The number of nitrogens with zero attached hydrogens (tertiary/aromatic N) is 3. The standard InChI is InChI=1S/C14H20N4OS/c15-11-5-8-18(9-6-11)7-1-4-13-16-14(17-19-13)12-3-2-10-20-12/h2-3,10-11H,1,4-9,15H2. The Morgan fingerprint density at radius 3 is 3.00 bits per heavy atom. The maximum absolute atomic E-state index is 5.91. The summed E-state index contributed by atoms with van der Waals surface area (Å²) in [6, 6.07) is 4.41. The Kier molecular flexibility index (Phi) is 4.44. The first-order valence-electron chi connectivity index (χ1n) is 7.15. The molecule has 3 rings (SSSR count). The zero-order valence-corrected chi connectivity index (χ0v) is 12.3. The zero-order chi connectivity index (χ0) is 13.8. The van der Waals surface area contributed by atoms with Crippen LogP contribution in [0.3, 0.4) is 0 Å². The van der Waals surface area contributed by atoms with Crippen molar-refractivity contribution in [3.05, 3.63) is 23.4 Å². The molecule has 0 atom stereocenters. The predicted molar refractivity (Wildman–Crippen MR) is 79.6 cm³/mol. The number of piperidine rings is 1. The Bertz CT molecular complexity index is 517. The molecule has 0 aromatic carbocycles. The van der Waals surface area contributed by atoms with Crippen molar-refractivity contribution in [2.45, 2.75) is 31.7 Å². The van der Waals surface area contributed by atoms with Crippen LogP contribution in [-0.4, -0.2) is 40.7 Å². The lowest BCUT2D eigenvalue weighted by atomic mass is 10.1. The lowest BCUT2D eigenvalue weighted by Gasteiger charge is -2.29. The van der Waals surface area contributed by atoms with Crippen molar-refractivity contribution in [2.24, 2.45) is 5.73 Å². The molecule has 5 nitrogen and oxygen atoms in total. The first-order chi connectivity index (χ1) is 9.81. The molecule has 0 radical (unpaired) electrons. The van der Waals surface area contributed by atoms with E-state index in [0.29, 0.717) is 11.9 Å². The molecule has 1 saturated heterocycles. The van der Waals surface area contributed by atoms with Gasteiger partial charge in [0.1, 0.15) is 0 Å². The average molecular weight is 292 g/mol. The smallest absolute Gasteiger partial charge is 0.227 e. The summed E-state index contributed by atoms with van der Waals surface area (Å²) < 4.78 is 5.30. The van der Waals surface area contributed by atoms with Crippen molar-refractivity contribution in [1.82, 2.24) is 15.0 Å². The topological polar surface area (TPSA) is 68.2 Å². The number of thiophene rings is 1. The molecule has 0 saturated carbocycles. The number of likely N-dealkylation sites (tertiary alicyclic amines) is 1. The van der Waals surface area contributed by atoms with Crippen molar-refractivity contribution >= 4 is 11.3 Å². The van der Waals surface area contributed by atoms with Crippen LogP contribution in [0.5, 0.6) is 0 Å². The van der Waals surface area contributed by atoms with Crippen molar-refractivity contribution in [1.29, 1.82) is 0 Å². The van der Waals surface area contributed by atoms with E-state index in [9.17, 15) is 0 Å². The summed E-state index contributed by atoms with van der Waals surface area (Å²) in [7, 11) is 0. The average Bonchev–Trinajstić information content (AvgIpc) is 3.11. The van der Waals surface area contributed by atoms with Crippen LogP contribution in [0.15, 0.2) is 22.0 Å². The fourth-order valence-electron chi connectivity index (χ4n) is 2.49. The van der Waals surface area contributed by atoms with Gasteiger partial charge >= 0.3 is 0 Å². The maximum atomic E-state index is 5.91. The highest BCUT2D eigenvalue weighted by Crippen LogP contribution is 2.21. The van der Waals surface area contributed by atoms with E-state index in [1.807, 2.05) is 17.5 Å². The molecule has 2 aromatic heterocycles. The van der Waals surface area contributed by atoms with E-state index in [2.05, 4.69) is 15.0 Å². The summed E-state index contributed by atoms with van der Waals surface area (Å²) >= 11 is 1.63. The number of aromatic nitrogens is 2. The molecular weight excluding hydrogens is 272 g/mol. The largest absolute Gasteiger partial charge is 0.339 e. The first kappa shape index (κ1) is 13.7. The second kappa shape index (κ2) is 6.47. The molecule has 108 valence electrons. The monoisotopic (exact) mass is 292 g/mol. The second-order valence-corrected chi connectivity index (χ2v) is 6.22. The van der Waals surface area contributed by atoms with E-state index in [4.69, 9.17) is 10.3 Å². The molecular formula is C14H20N4OS. The van der Waals surface area contributed by atoms with Gasteiger partial charge in [-0.25, -0.2) is 0 Å². The summed E-state index contributed by atoms with van der Waals surface area (Å²) in [5.41, 5.74) is 5.91. The molecule has 1 aliphatic rings. The van der Waals surface area contributed by atoms with Crippen molar-refractivity contribution in [2.75, 3.05) is 19.6 Å². The van der Waals surface area contributed by atoms with Gasteiger partial charge in [0, 0.05) is 12.5 Å². The Balaban J connectivity index is 1.45. The minimum Gasteiger partial charge on any atom is -0.339 e. The number of nitrogens with two attached hydrogens (primary N) is 1. The zero-order valence-electron chi connectivity index (χ0n) is 11.5. The van der Waals surface area contributed by atoms with Gasteiger partial charge in [0.25, 0.3) is 0 Å². The van der Waals surface area contributed by atoms with Crippen LogP contribution in [-0.2, 0) is 6.42 Å². The van der Waals surface area contributed by atoms with E-state index in [0.717, 1.165) is 56.1 Å². The molecule has 0 unspecified atom stereocenters. The molecule has 0 bridgehead atoms. The van der Waals surface area contributed by atoms with Crippen LogP contribution in [0.4, 0.5) is 0 Å². The minimum absolute atomic E-state index is 0.399. The minimum atomic E-state index is 0.399. The van der Waals surface area contributed by atoms with Gasteiger partial charge in [-0.1, -0.05) is 11.2 Å². The molecule has 20 heavy (non-hydrogen) atoms. The normalized spacial score (nSPS) is 17.6. The molecule has 6 heteroatoms. The van der Waals surface area contributed by atoms with E-state index in [1.165, 1.54) is 0 Å². The molecule has 2 aromatic rings. The summed E-state index contributed by atoms with van der Waals surface area (Å²) in [6.45, 7) is 3.32. The summed E-state index contributed by atoms with van der Waals surface area (Å²) in [5.74, 6) is 1.45. The highest BCUT2D eigenvalue weighted by Gasteiger charge is 2.16. The van der Waals surface area contributed by atoms with E-state index in [-0.39, 0.29) is 0 Å². The van der Waals surface area contributed by atoms with E-state index >= 15 is 0 Å². The molecule has 0 amide bonds. The quantitative estimate of drug-likeness (QED) is 0.914. The van der Waals surface area contributed by atoms with Gasteiger partial charge in [-0.05, 0) is 50.3 Å². The molecule has 1 fully saturated rings. The molecule has 2 N–H and O–H groups in total. The molecule has 3 heterocycles. The first-order valence-corrected chi connectivity index (χ1v) is 8.03. The maximum Gasteiger partial charge on any atom is 0.227 e. The second-order valence-electron chi connectivity index (χ2n) is 5.27. The van der Waals surface area contributed by atoms with E-state index < -0.39 is 0 Å². The lowest BCUT2D eigenvalue weighted by molar-refractivity contribution is 0.209. The summed E-state index contributed by atoms with van der Waals surface area (Å²) in [5, 5.41) is 6.05. The molecule has 1 aliphatic heterocycles. The Morgan fingerprint density at radius 2 is 2.25 bits per heavy atom. The molecule has 0 aliphatic carbocycles. The van der Waals surface area contributed by atoms with Gasteiger partial charge in [-0.15, -0.1) is 11.3 Å². The Hall–Kier alpha value is -1.24. The van der Waals surface area contributed by atoms with Crippen LogP contribution < -0.4 is 5.73 Å². The van der Waals surface area contributed by atoms with Gasteiger partial charge in [0.2, 0.25) is 11.7 Å². The van der Waals surface area contributed by atoms with Gasteiger partial charge < -0.3 is 15.2 Å². The van der Waals surface area contributed by atoms with Crippen molar-refractivity contribution in [3.8, 4) is 10.7 Å². The van der Waals surface area contributed by atoms with Crippen molar-refractivity contribution < 1.29 is 4.52 Å². The fourth-order valence-corrected chi connectivity index (χ4v) is 3.14. The summed E-state index contributed by atoms with van der Waals surface area (Å²) in [4.78, 5) is 7.97. The summed E-state index contributed by atoms with van der Waals surface area (Å²) in [6.07, 6.45) is 4.13. The predicted octanol–water partition coefficient (Wildman–Crippen LogP) is 2.15. The lowest BCUT2D eigenvalue weighted by Crippen LogP contribution is -2.40.